The lowest BCUT2D eigenvalue weighted by atomic mass is 10.2. The molecule has 2 aromatic heterocycles. The van der Waals surface area contributed by atoms with Crippen LogP contribution in [0.3, 0.4) is 0 Å². The van der Waals surface area contributed by atoms with Gasteiger partial charge >= 0.3 is 0 Å². The molecule has 0 saturated carbocycles. The lowest BCUT2D eigenvalue weighted by Crippen LogP contribution is -2.39. The normalized spacial score (nSPS) is 14.4. The molecule has 0 bridgehead atoms. The number of benzene rings is 1. The van der Waals surface area contributed by atoms with Crippen LogP contribution in [0.4, 0.5) is 5.13 Å². The van der Waals surface area contributed by atoms with Crippen molar-refractivity contribution in [3.8, 4) is 5.75 Å². The quantitative estimate of drug-likeness (QED) is 0.518. The van der Waals surface area contributed by atoms with Crippen molar-refractivity contribution in [3.05, 3.63) is 41.3 Å². The Bertz CT molecular complexity index is 1030. The number of aromatic nitrogens is 1. The van der Waals surface area contributed by atoms with Crippen molar-refractivity contribution in [1.82, 2.24) is 9.88 Å². The molecule has 3 heterocycles. The number of carbonyl (C=O) groups excluding carboxylic acids is 1. The van der Waals surface area contributed by atoms with Crippen LogP contribution in [0.1, 0.15) is 28.3 Å². The molecule has 3 aromatic rings. The van der Waals surface area contributed by atoms with Crippen LogP contribution in [0.5, 0.6) is 5.75 Å². The van der Waals surface area contributed by atoms with Crippen LogP contribution in [-0.2, 0) is 4.74 Å². The van der Waals surface area contributed by atoms with E-state index in [9.17, 15) is 4.79 Å². The van der Waals surface area contributed by atoms with Crippen LogP contribution >= 0.6 is 23.7 Å². The fraction of sp³-hybridized carbons (Fsp3) is 0.455. The van der Waals surface area contributed by atoms with Crippen molar-refractivity contribution >= 4 is 45.0 Å². The zero-order chi connectivity index (χ0) is 21.1. The van der Waals surface area contributed by atoms with Gasteiger partial charge in [-0.05, 0) is 38.5 Å². The summed E-state index contributed by atoms with van der Waals surface area (Å²) in [7, 11) is 1.64. The second-order valence-electron chi connectivity index (χ2n) is 7.42. The number of thiazole rings is 1. The number of carbonyl (C=O) groups is 1. The van der Waals surface area contributed by atoms with Crippen LogP contribution in [0.15, 0.2) is 28.7 Å². The highest BCUT2D eigenvalue weighted by molar-refractivity contribution is 7.22. The van der Waals surface area contributed by atoms with E-state index in [2.05, 4.69) is 4.90 Å². The molecule has 0 aliphatic carbocycles. The number of morpholine rings is 1. The molecule has 1 fully saturated rings. The lowest BCUT2D eigenvalue weighted by Gasteiger charge is -2.27. The summed E-state index contributed by atoms with van der Waals surface area (Å²) in [6, 6.07) is 7.61. The zero-order valence-corrected chi connectivity index (χ0v) is 19.7. The Hall–Kier alpha value is -2.13. The number of aryl methyl sites for hydroxylation is 2. The first-order chi connectivity index (χ1) is 14.5. The Labute approximate surface area is 192 Å². The predicted octanol–water partition coefficient (Wildman–Crippen LogP) is 4.31. The van der Waals surface area contributed by atoms with E-state index in [1.807, 2.05) is 38.1 Å². The molecule has 0 N–H and O–H groups in total. The van der Waals surface area contributed by atoms with Gasteiger partial charge in [-0.15, -0.1) is 12.4 Å². The van der Waals surface area contributed by atoms with Gasteiger partial charge in [0.05, 0.1) is 36.1 Å². The van der Waals surface area contributed by atoms with Crippen molar-refractivity contribution < 1.29 is 18.7 Å². The van der Waals surface area contributed by atoms with Gasteiger partial charge in [-0.25, -0.2) is 4.98 Å². The molecule has 0 radical (unpaired) electrons. The monoisotopic (exact) mass is 465 g/mol. The SMILES string of the molecule is COc1ccc2sc(N(CCCN3CCOCC3)C(=O)c3cc(C)oc3C)nc2c1.Cl. The van der Waals surface area contributed by atoms with Gasteiger partial charge < -0.3 is 13.9 Å². The standard InChI is InChI=1S/C22H27N3O4S.ClH/c1-15-13-18(16(2)29-15)21(26)25(8-4-7-24-9-11-28-12-10-24)22-23-19-14-17(27-3)5-6-20(19)30-22;/h5-6,13-14H,4,7-12H2,1-3H3;1H. The summed E-state index contributed by atoms with van der Waals surface area (Å²) in [5.74, 6) is 2.06. The first-order valence-electron chi connectivity index (χ1n) is 10.2. The van der Waals surface area contributed by atoms with Crippen LogP contribution in [0.25, 0.3) is 10.2 Å². The molecular formula is C22H28ClN3O4S. The summed E-state index contributed by atoms with van der Waals surface area (Å²) in [4.78, 5) is 22.3. The Balaban J connectivity index is 0.00000272. The van der Waals surface area contributed by atoms with Gasteiger partial charge in [0.15, 0.2) is 5.13 Å². The number of halogens is 1. The molecule has 1 aliphatic heterocycles. The summed E-state index contributed by atoms with van der Waals surface area (Å²) in [6.07, 6.45) is 0.862. The maximum atomic E-state index is 13.4. The number of fused-ring (bicyclic) bond motifs is 1. The molecule has 0 spiro atoms. The molecular weight excluding hydrogens is 438 g/mol. The molecule has 4 rings (SSSR count). The van der Waals surface area contributed by atoms with Crippen molar-refractivity contribution in [1.29, 1.82) is 0 Å². The van der Waals surface area contributed by atoms with Crippen LogP contribution in [0.2, 0.25) is 0 Å². The molecule has 31 heavy (non-hydrogen) atoms. The minimum Gasteiger partial charge on any atom is -0.497 e. The summed E-state index contributed by atoms with van der Waals surface area (Å²) < 4.78 is 17.4. The number of rotatable bonds is 7. The topological polar surface area (TPSA) is 68.0 Å². The number of anilines is 1. The molecule has 7 nitrogen and oxygen atoms in total. The summed E-state index contributed by atoms with van der Waals surface area (Å²) in [6.45, 7) is 8.63. The number of furan rings is 1. The van der Waals surface area contributed by atoms with E-state index in [1.54, 1.807) is 12.0 Å². The van der Waals surface area contributed by atoms with E-state index in [0.717, 1.165) is 61.0 Å². The van der Waals surface area contributed by atoms with E-state index in [1.165, 1.54) is 11.3 Å². The molecule has 1 amide bonds. The van der Waals surface area contributed by atoms with Crippen molar-refractivity contribution in [2.24, 2.45) is 0 Å². The highest BCUT2D eigenvalue weighted by Crippen LogP contribution is 2.32. The van der Waals surface area contributed by atoms with Gasteiger partial charge in [-0.1, -0.05) is 11.3 Å². The molecule has 168 valence electrons. The number of ether oxygens (including phenoxy) is 2. The highest BCUT2D eigenvalue weighted by atomic mass is 35.5. The summed E-state index contributed by atoms with van der Waals surface area (Å²) in [5.41, 5.74) is 1.43. The fourth-order valence-corrected chi connectivity index (χ4v) is 4.66. The molecule has 1 aliphatic rings. The minimum atomic E-state index is -0.0719. The first-order valence-corrected chi connectivity index (χ1v) is 11.0. The van der Waals surface area contributed by atoms with Gasteiger partial charge in [-0.2, -0.15) is 0 Å². The molecule has 9 heteroatoms. The maximum absolute atomic E-state index is 13.4. The Morgan fingerprint density at radius 1 is 1.26 bits per heavy atom. The molecule has 0 unspecified atom stereocenters. The van der Waals surface area contributed by atoms with E-state index < -0.39 is 0 Å². The van der Waals surface area contributed by atoms with Crippen molar-refractivity contribution in [3.63, 3.8) is 0 Å². The van der Waals surface area contributed by atoms with Gasteiger partial charge in [0, 0.05) is 32.2 Å². The van der Waals surface area contributed by atoms with Crippen LogP contribution < -0.4 is 9.64 Å². The largest absolute Gasteiger partial charge is 0.497 e. The van der Waals surface area contributed by atoms with E-state index in [-0.39, 0.29) is 18.3 Å². The van der Waals surface area contributed by atoms with E-state index in [0.29, 0.717) is 23.0 Å². The number of hydrogen-bond acceptors (Lipinski definition) is 7. The predicted molar refractivity (Wildman–Crippen MR) is 125 cm³/mol. The third-order valence-corrected chi connectivity index (χ3v) is 6.35. The second kappa shape index (κ2) is 10.5. The number of hydrogen-bond donors (Lipinski definition) is 0. The third kappa shape index (κ3) is 5.38. The van der Waals surface area contributed by atoms with E-state index >= 15 is 0 Å². The average molecular weight is 466 g/mol. The maximum Gasteiger partial charge on any atom is 0.263 e. The zero-order valence-electron chi connectivity index (χ0n) is 18.1. The fourth-order valence-electron chi connectivity index (χ4n) is 3.69. The van der Waals surface area contributed by atoms with Crippen LogP contribution in [0, 0.1) is 13.8 Å². The Morgan fingerprint density at radius 2 is 2.03 bits per heavy atom. The first kappa shape index (κ1) is 23.5. The minimum absolute atomic E-state index is 0. The van der Waals surface area contributed by atoms with Gasteiger partial charge in [0.2, 0.25) is 0 Å². The number of methoxy groups -OCH3 is 1. The molecule has 0 atom stereocenters. The van der Waals surface area contributed by atoms with Gasteiger partial charge in [0.25, 0.3) is 5.91 Å². The van der Waals surface area contributed by atoms with E-state index in [4.69, 9.17) is 18.9 Å². The lowest BCUT2D eigenvalue weighted by molar-refractivity contribution is 0.0376. The smallest absolute Gasteiger partial charge is 0.263 e. The van der Waals surface area contributed by atoms with Crippen molar-refractivity contribution in [2.45, 2.75) is 20.3 Å². The summed E-state index contributed by atoms with van der Waals surface area (Å²) >= 11 is 1.52. The van der Waals surface area contributed by atoms with Crippen molar-refractivity contribution in [2.75, 3.05) is 51.4 Å². The number of amides is 1. The molecule has 1 saturated heterocycles. The second-order valence-corrected chi connectivity index (χ2v) is 8.43. The average Bonchev–Trinajstić information content (AvgIpc) is 3.33. The van der Waals surface area contributed by atoms with Gasteiger partial charge in [-0.3, -0.25) is 14.6 Å². The number of nitrogens with zero attached hydrogens (tertiary/aromatic N) is 3. The van der Waals surface area contributed by atoms with Gasteiger partial charge in [0.1, 0.15) is 17.3 Å². The Morgan fingerprint density at radius 3 is 2.71 bits per heavy atom. The molecule has 1 aromatic carbocycles. The Kier molecular flexibility index (Phi) is 7.94. The summed E-state index contributed by atoms with van der Waals surface area (Å²) in [5, 5.41) is 0.698. The third-order valence-electron chi connectivity index (χ3n) is 5.29. The van der Waals surface area contributed by atoms with Crippen LogP contribution in [-0.4, -0.2) is 62.3 Å². The highest BCUT2D eigenvalue weighted by Gasteiger charge is 2.25.